The molecule has 1 N–H and O–H groups in total. The van der Waals surface area contributed by atoms with Gasteiger partial charge in [0.1, 0.15) is 0 Å². The quantitative estimate of drug-likeness (QED) is 0.720. The van der Waals surface area contributed by atoms with Gasteiger partial charge in [0.15, 0.2) is 11.4 Å². The summed E-state index contributed by atoms with van der Waals surface area (Å²) in [5.74, 6) is 0.204. The second-order valence-electron chi connectivity index (χ2n) is 6.94. The topological polar surface area (TPSA) is 120 Å². The molecule has 144 valence electrons. The van der Waals surface area contributed by atoms with Crippen LogP contribution < -0.4 is 10.5 Å². The smallest absolute Gasteiger partial charge is 0.408 e. The zero-order valence-electron chi connectivity index (χ0n) is 15.1. The number of sulfonamides is 1. The Labute approximate surface area is 155 Å². The highest BCUT2D eigenvalue weighted by molar-refractivity contribution is 7.89. The van der Waals surface area contributed by atoms with Gasteiger partial charge in [0, 0.05) is 20.0 Å². The molecular formula is C17H20N4O5S. The number of aromatic nitrogens is 3. The van der Waals surface area contributed by atoms with Crippen molar-refractivity contribution in [2.75, 3.05) is 0 Å². The first-order chi connectivity index (χ1) is 12.8. The molecule has 0 radical (unpaired) electrons. The molecule has 0 saturated heterocycles. The van der Waals surface area contributed by atoms with Gasteiger partial charge in [-0.25, -0.2) is 13.2 Å². The highest BCUT2D eigenvalue weighted by Gasteiger charge is 2.42. The van der Waals surface area contributed by atoms with Crippen LogP contribution >= 0.6 is 0 Å². The summed E-state index contributed by atoms with van der Waals surface area (Å²) in [5, 5.41) is 3.98. The maximum absolute atomic E-state index is 13.1. The van der Waals surface area contributed by atoms with Crippen LogP contribution in [0.4, 0.5) is 0 Å². The van der Waals surface area contributed by atoms with Gasteiger partial charge in [-0.05, 0) is 25.0 Å². The second kappa shape index (κ2) is 6.31. The van der Waals surface area contributed by atoms with Crippen molar-refractivity contribution in [2.45, 2.75) is 49.5 Å². The van der Waals surface area contributed by atoms with Crippen LogP contribution in [-0.4, -0.2) is 23.1 Å². The van der Waals surface area contributed by atoms with Crippen LogP contribution in [0.3, 0.4) is 0 Å². The molecule has 0 unspecified atom stereocenters. The van der Waals surface area contributed by atoms with Crippen molar-refractivity contribution in [1.82, 2.24) is 19.4 Å². The molecule has 0 bridgehead atoms. The van der Waals surface area contributed by atoms with Gasteiger partial charge in [-0.15, -0.1) is 0 Å². The van der Waals surface area contributed by atoms with E-state index in [0.717, 1.165) is 19.3 Å². The summed E-state index contributed by atoms with van der Waals surface area (Å²) in [6.45, 7) is 1.67. The number of fused-ring (bicyclic) bond motifs is 1. The third-order valence-corrected chi connectivity index (χ3v) is 6.60. The molecule has 2 aromatic heterocycles. The molecule has 1 aliphatic rings. The van der Waals surface area contributed by atoms with Gasteiger partial charge in [0.25, 0.3) is 0 Å². The standard InChI is InChI=1S/C17H20N4O5S/c1-11-18-15(19-26-11)17(8-4-3-5-9-17)20-27(23,24)12-6-7-13-14(10-12)25-16(22)21(13)2/h6-7,10,20H,3-5,8-9H2,1-2H3. The molecule has 1 aromatic carbocycles. The van der Waals surface area contributed by atoms with Crippen molar-refractivity contribution in [1.29, 1.82) is 0 Å². The third-order valence-electron chi connectivity index (χ3n) is 5.07. The molecule has 2 heterocycles. The maximum atomic E-state index is 13.1. The molecule has 1 saturated carbocycles. The lowest BCUT2D eigenvalue weighted by atomic mass is 9.82. The zero-order chi connectivity index (χ0) is 19.2. The van der Waals surface area contributed by atoms with Crippen molar-refractivity contribution in [3.8, 4) is 0 Å². The van der Waals surface area contributed by atoms with Gasteiger partial charge in [-0.3, -0.25) is 4.57 Å². The number of oxazole rings is 1. The lowest BCUT2D eigenvalue weighted by Crippen LogP contribution is -2.47. The average molecular weight is 392 g/mol. The Hall–Kier alpha value is -2.46. The highest BCUT2D eigenvalue weighted by atomic mass is 32.2. The number of nitrogens with zero attached hydrogens (tertiary/aromatic N) is 3. The molecule has 4 rings (SSSR count). The van der Waals surface area contributed by atoms with E-state index in [-0.39, 0.29) is 10.5 Å². The minimum Gasteiger partial charge on any atom is -0.408 e. The monoisotopic (exact) mass is 392 g/mol. The van der Waals surface area contributed by atoms with Crippen LogP contribution in [0.1, 0.15) is 43.8 Å². The van der Waals surface area contributed by atoms with Crippen molar-refractivity contribution >= 4 is 21.1 Å². The first-order valence-corrected chi connectivity index (χ1v) is 10.2. The Kier molecular flexibility index (Phi) is 4.19. The second-order valence-corrected chi connectivity index (χ2v) is 8.62. The fourth-order valence-electron chi connectivity index (χ4n) is 3.62. The van der Waals surface area contributed by atoms with E-state index in [0.29, 0.717) is 30.1 Å². The summed E-state index contributed by atoms with van der Waals surface area (Å²) < 4.78 is 40.5. The molecule has 0 spiro atoms. The summed E-state index contributed by atoms with van der Waals surface area (Å²) in [6, 6.07) is 4.37. The van der Waals surface area contributed by atoms with Crippen LogP contribution in [0, 0.1) is 6.92 Å². The van der Waals surface area contributed by atoms with E-state index in [9.17, 15) is 13.2 Å². The van der Waals surface area contributed by atoms with E-state index in [1.54, 1.807) is 20.0 Å². The molecule has 1 aliphatic carbocycles. The summed E-state index contributed by atoms with van der Waals surface area (Å²) >= 11 is 0. The van der Waals surface area contributed by atoms with E-state index in [2.05, 4.69) is 14.9 Å². The first kappa shape index (κ1) is 17.9. The molecule has 3 aromatic rings. The van der Waals surface area contributed by atoms with E-state index in [1.807, 2.05) is 0 Å². The summed E-state index contributed by atoms with van der Waals surface area (Å²) in [5.41, 5.74) is -0.153. The van der Waals surface area contributed by atoms with Crippen LogP contribution in [0.15, 0.2) is 36.8 Å². The van der Waals surface area contributed by atoms with E-state index in [4.69, 9.17) is 8.94 Å². The predicted octanol–water partition coefficient (Wildman–Crippen LogP) is 1.96. The van der Waals surface area contributed by atoms with Gasteiger partial charge in [-0.1, -0.05) is 24.4 Å². The Bertz CT molecular complexity index is 1150. The first-order valence-electron chi connectivity index (χ1n) is 8.75. The molecule has 0 amide bonds. The van der Waals surface area contributed by atoms with Gasteiger partial charge >= 0.3 is 5.76 Å². The fourth-order valence-corrected chi connectivity index (χ4v) is 5.05. The maximum Gasteiger partial charge on any atom is 0.419 e. The Morgan fingerprint density at radius 2 is 1.96 bits per heavy atom. The van der Waals surface area contributed by atoms with Crippen molar-refractivity contribution in [2.24, 2.45) is 7.05 Å². The molecular weight excluding hydrogens is 372 g/mol. The number of hydrogen-bond donors (Lipinski definition) is 1. The average Bonchev–Trinajstić information content (AvgIpc) is 3.19. The van der Waals surface area contributed by atoms with E-state index in [1.165, 1.54) is 16.7 Å². The number of aryl methyl sites for hydroxylation is 2. The van der Waals surface area contributed by atoms with E-state index < -0.39 is 21.3 Å². The molecule has 0 aliphatic heterocycles. The normalized spacial score (nSPS) is 17.4. The number of hydrogen-bond acceptors (Lipinski definition) is 7. The largest absolute Gasteiger partial charge is 0.419 e. The van der Waals surface area contributed by atoms with Crippen molar-refractivity contribution in [3.05, 3.63) is 40.5 Å². The van der Waals surface area contributed by atoms with Crippen LogP contribution in [0.5, 0.6) is 0 Å². The Balaban J connectivity index is 1.75. The van der Waals surface area contributed by atoms with Gasteiger partial charge < -0.3 is 8.94 Å². The van der Waals surface area contributed by atoms with Crippen molar-refractivity contribution in [3.63, 3.8) is 0 Å². The fraction of sp³-hybridized carbons (Fsp3) is 0.471. The number of rotatable bonds is 4. The molecule has 0 atom stereocenters. The predicted molar refractivity (Wildman–Crippen MR) is 95.6 cm³/mol. The molecule has 9 nitrogen and oxygen atoms in total. The van der Waals surface area contributed by atoms with Crippen LogP contribution in [-0.2, 0) is 22.6 Å². The summed E-state index contributed by atoms with van der Waals surface area (Å²) in [6.07, 6.45) is 3.94. The summed E-state index contributed by atoms with van der Waals surface area (Å²) in [4.78, 5) is 16.0. The van der Waals surface area contributed by atoms with Crippen molar-refractivity contribution < 1.29 is 17.4 Å². The Morgan fingerprint density at radius 1 is 1.22 bits per heavy atom. The minimum atomic E-state index is -3.90. The number of benzene rings is 1. The van der Waals surface area contributed by atoms with Crippen LogP contribution in [0.25, 0.3) is 11.1 Å². The van der Waals surface area contributed by atoms with Gasteiger partial charge in [0.05, 0.1) is 16.0 Å². The van der Waals surface area contributed by atoms with Gasteiger partial charge in [0.2, 0.25) is 15.9 Å². The van der Waals surface area contributed by atoms with Crippen LogP contribution in [0.2, 0.25) is 0 Å². The number of nitrogens with one attached hydrogen (secondary N) is 1. The minimum absolute atomic E-state index is 0.0227. The lowest BCUT2D eigenvalue weighted by molar-refractivity contribution is 0.248. The summed E-state index contributed by atoms with van der Waals surface area (Å²) in [7, 11) is -2.33. The lowest BCUT2D eigenvalue weighted by Gasteiger charge is -2.34. The third kappa shape index (κ3) is 3.08. The van der Waals surface area contributed by atoms with E-state index >= 15 is 0 Å². The molecule has 27 heavy (non-hydrogen) atoms. The molecule has 1 fully saturated rings. The SMILES string of the molecule is Cc1nc(C2(NS(=O)(=O)c3ccc4c(c3)oc(=O)n4C)CCCCC2)no1. The zero-order valence-corrected chi connectivity index (χ0v) is 15.9. The van der Waals surface area contributed by atoms with Gasteiger partial charge in [-0.2, -0.15) is 9.71 Å². The highest BCUT2D eigenvalue weighted by Crippen LogP contribution is 2.37. The Morgan fingerprint density at radius 3 is 2.63 bits per heavy atom. The molecule has 10 heteroatoms.